The van der Waals surface area contributed by atoms with Gasteiger partial charge in [0.05, 0.1) is 6.54 Å². The van der Waals surface area contributed by atoms with Gasteiger partial charge in [-0.2, -0.15) is 5.10 Å². The van der Waals surface area contributed by atoms with E-state index in [9.17, 15) is 9.59 Å². The van der Waals surface area contributed by atoms with Crippen molar-refractivity contribution >= 4 is 17.4 Å². The van der Waals surface area contributed by atoms with Gasteiger partial charge >= 0.3 is 5.97 Å². The Balaban J connectivity index is 1.31. The van der Waals surface area contributed by atoms with Crippen LogP contribution in [0, 0.1) is 11.8 Å². The van der Waals surface area contributed by atoms with Gasteiger partial charge < -0.3 is 16.2 Å². The molecule has 8 nitrogen and oxygen atoms in total. The summed E-state index contributed by atoms with van der Waals surface area (Å²) < 4.78 is 2.10. The minimum Gasteiger partial charge on any atom is -0.480 e. The van der Waals surface area contributed by atoms with Gasteiger partial charge in [-0.25, -0.2) is 9.67 Å². The molecular weight excluding hydrogens is 538 g/mol. The van der Waals surface area contributed by atoms with Gasteiger partial charge in [0.15, 0.2) is 5.82 Å². The van der Waals surface area contributed by atoms with Crippen LogP contribution in [-0.2, 0) is 29.0 Å². The molecule has 1 unspecified atom stereocenters. The number of carbonyl (C=O) groups is 2. The van der Waals surface area contributed by atoms with Crippen molar-refractivity contribution in [2.24, 2.45) is 17.6 Å². The number of unbranched alkanes of at least 4 members (excludes halogenated alkanes) is 1. The SMILES string of the molecule is C=C(C)c1ccccc1-c1ccc(Cn2nc(CC3CCC(CNC(=O)CCC(N)C(=O)O)CC3)nc2CCCC)cc1. The number of hydrogen-bond acceptors (Lipinski definition) is 5. The van der Waals surface area contributed by atoms with Crippen LogP contribution in [0.4, 0.5) is 0 Å². The van der Waals surface area contributed by atoms with Gasteiger partial charge in [-0.05, 0) is 79.5 Å². The number of rotatable bonds is 15. The Hall–Kier alpha value is -3.78. The number of nitrogens with one attached hydrogen (secondary N) is 1. The lowest BCUT2D eigenvalue weighted by Gasteiger charge is -2.28. The van der Waals surface area contributed by atoms with Crippen LogP contribution in [0.25, 0.3) is 16.7 Å². The molecule has 8 heteroatoms. The molecule has 4 N–H and O–H groups in total. The number of carbonyl (C=O) groups excluding carboxylic acids is 1. The fourth-order valence-electron chi connectivity index (χ4n) is 5.88. The van der Waals surface area contributed by atoms with Crippen molar-refractivity contribution in [1.82, 2.24) is 20.1 Å². The van der Waals surface area contributed by atoms with Crippen molar-refractivity contribution < 1.29 is 14.7 Å². The molecule has 0 spiro atoms. The molecule has 3 aromatic rings. The van der Waals surface area contributed by atoms with Crippen molar-refractivity contribution in [1.29, 1.82) is 0 Å². The van der Waals surface area contributed by atoms with E-state index in [-0.39, 0.29) is 18.7 Å². The summed E-state index contributed by atoms with van der Waals surface area (Å²) in [6.45, 7) is 9.74. The lowest BCUT2D eigenvalue weighted by atomic mass is 9.80. The molecule has 1 heterocycles. The Labute approximate surface area is 255 Å². The molecule has 1 aliphatic rings. The zero-order valence-corrected chi connectivity index (χ0v) is 25.7. The van der Waals surface area contributed by atoms with Gasteiger partial charge in [0, 0.05) is 25.8 Å². The number of benzene rings is 2. The number of nitrogens with zero attached hydrogens (tertiary/aromatic N) is 3. The molecule has 1 saturated carbocycles. The Kier molecular flexibility index (Phi) is 11.7. The van der Waals surface area contributed by atoms with Gasteiger partial charge in [-0.1, -0.05) is 74.0 Å². The van der Waals surface area contributed by atoms with Gasteiger partial charge in [0.25, 0.3) is 0 Å². The smallest absolute Gasteiger partial charge is 0.320 e. The number of carboxylic acids is 1. The van der Waals surface area contributed by atoms with Crippen LogP contribution in [0.3, 0.4) is 0 Å². The Bertz CT molecular complexity index is 1370. The highest BCUT2D eigenvalue weighted by atomic mass is 16.4. The van der Waals surface area contributed by atoms with E-state index in [1.54, 1.807) is 0 Å². The maximum atomic E-state index is 12.1. The largest absolute Gasteiger partial charge is 0.480 e. The second-order valence-corrected chi connectivity index (χ2v) is 12.1. The lowest BCUT2D eigenvalue weighted by molar-refractivity contribution is -0.138. The van der Waals surface area contributed by atoms with Gasteiger partial charge in [0.1, 0.15) is 11.9 Å². The van der Waals surface area contributed by atoms with Crippen LogP contribution in [0.1, 0.15) is 88.0 Å². The van der Waals surface area contributed by atoms with Crippen LogP contribution in [0.15, 0.2) is 55.1 Å². The second-order valence-electron chi connectivity index (χ2n) is 12.1. The maximum Gasteiger partial charge on any atom is 0.320 e. The predicted octanol–water partition coefficient (Wildman–Crippen LogP) is 6.03. The first kappa shape index (κ1) is 32.1. The molecule has 4 rings (SSSR count). The predicted molar refractivity (Wildman–Crippen MR) is 171 cm³/mol. The molecule has 2 aromatic carbocycles. The van der Waals surface area contributed by atoms with E-state index in [2.05, 4.69) is 72.0 Å². The fraction of sp³-hybridized carbons (Fsp3) is 0.486. The molecule has 1 aliphatic carbocycles. The number of aromatic nitrogens is 3. The normalized spacial score (nSPS) is 17.4. The number of carboxylic acid groups (broad SMARTS) is 1. The summed E-state index contributed by atoms with van der Waals surface area (Å²) in [6.07, 6.45) is 8.63. The van der Waals surface area contributed by atoms with E-state index >= 15 is 0 Å². The van der Waals surface area contributed by atoms with Crippen LogP contribution >= 0.6 is 0 Å². The topological polar surface area (TPSA) is 123 Å². The number of amides is 1. The number of allylic oxidation sites excluding steroid dienone is 1. The molecule has 0 aliphatic heterocycles. The molecular formula is C35H47N5O3. The van der Waals surface area contributed by atoms with E-state index < -0.39 is 12.0 Å². The van der Waals surface area contributed by atoms with Crippen LogP contribution < -0.4 is 11.1 Å². The van der Waals surface area contributed by atoms with Crippen molar-refractivity contribution in [3.05, 3.63) is 77.9 Å². The Morgan fingerprint density at radius 2 is 1.79 bits per heavy atom. The highest BCUT2D eigenvalue weighted by Gasteiger charge is 2.24. The summed E-state index contributed by atoms with van der Waals surface area (Å²) in [5, 5.41) is 16.8. The van der Waals surface area contributed by atoms with Gasteiger partial charge in [-0.15, -0.1) is 0 Å². The first-order chi connectivity index (χ1) is 20.7. The third kappa shape index (κ3) is 9.35. The fourth-order valence-corrected chi connectivity index (χ4v) is 5.88. The molecule has 1 amide bonds. The average molecular weight is 586 g/mol. The van der Waals surface area contributed by atoms with Gasteiger partial charge in [0.2, 0.25) is 5.91 Å². The summed E-state index contributed by atoms with van der Waals surface area (Å²) in [5.41, 5.74) is 11.3. The average Bonchev–Trinajstić information content (AvgIpc) is 3.38. The zero-order valence-electron chi connectivity index (χ0n) is 25.7. The van der Waals surface area contributed by atoms with Crippen LogP contribution in [-0.4, -0.2) is 44.3 Å². The molecule has 230 valence electrons. The van der Waals surface area contributed by atoms with Crippen molar-refractivity contribution in [2.45, 2.75) is 90.6 Å². The third-order valence-electron chi connectivity index (χ3n) is 8.56. The first-order valence-electron chi connectivity index (χ1n) is 15.7. The Morgan fingerprint density at radius 1 is 1.09 bits per heavy atom. The molecule has 1 atom stereocenters. The third-order valence-corrected chi connectivity index (χ3v) is 8.56. The van der Waals surface area contributed by atoms with E-state index in [4.69, 9.17) is 20.9 Å². The maximum absolute atomic E-state index is 12.1. The molecule has 1 fully saturated rings. The van der Waals surface area contributed by atoms with E-state index in [0.717, 1.165) is 68.6 Å². The van der Waals surface area contributed by atoms with E-state index in [1.807, 2.05) is 6.92 Å². The highest BCUT2D eigenvalue weighted by molar-refractivity contribution is 5.80. The molecule has 0 saturated heterocycles. The minimum absolute atomic E-state index is 0.125. The first-order valence-corrected chi connectivity index (χ1v) is 15.7. The number of aryl methyl sites for hydroxylation is 1. The summed E-state index contributed by atoms with van der Waals surface area (Å²) >= 11 is 0. The highest BCUT2D eigenvalue weighted by Crippen LogP contribution is 2.31. The van der Waals surface area contributed by atoms with Gasteiger partial charge in [-0.3, -0.25) is 9.59 Å². The summed E-state index contributed by atoms with van der Waals surface area (Å²) in [7, 11) is 0. The van der Waals surface area contributed by atoms with Crippen molar-refractivity contribution in [3.8, 4) is 11.1 Å². The van der Waals surface area contributed by atoms with Crippen LogP contribution in [0.2, 0.25) is 0 Å². The summed E-state index contributed by atoms with van der Waals surface area (Å²) in [4.78, 5) is 27.9. The minimum atomic E-state index is -1.07. The zero-order chi connectivity index (χ0) is 30.8. The lowest BCUT2D eigenvalue weighted by Crippen LogP contribution is -2.34. The quantitative estimate of drug-likeness (QED) is 0.200. The molecule has 0 bridgehead atoms. The van der Waals surface area contributed by atoms with Crippen molar-refractivity contribution in [3.63, 3.8) is 0 Å². The van der Waals surface area contributed by atoms with E-state index in [1.165, 1.54) is 22.3 Å². The Morgan fingerprint density at radius 3 is 2.47 bits per heavy atom. The number of hydrogen-bond donors (Lipinski definition) is 3. The monoisotopic (exact) mass is 585 g/mol. The summed E-state index contributed by atoms with van der Waals surface area (Å²) in [6, 6.07) is 16.2. The molecule has 1 aromatic heterocycles. The van der Waals surface area contributed by atoms with E-state index in [0.29, 0.717) is 24.9 Å². The van der Waals surface area contributed by atoms with Crippen LogP contribution in [0.5, 0.6) is 0 Å². The number of nitrogens with two attached hydrogens (primary N) is 1. The standard InChI is InChI=1S/C35H47N5O3/c1-4-5-10-33-38-32(21-25-11-13-26(14-12-25)22-37-34(41)20-19-31(36)35(42)43)39-40(33)23-27-15-17-28(18-16-27)30-9-7-6-8-29(30)24(2)3/h6-9,15-18,25-26,31H,2,4-5,10-14,19-23,36H2,1,3H3,(H,37,41)(H,42,43). The molecule has 0 radical (unpaired) electrons. The second kappa shape index (κ2) is 15.6. The van der Waals surface area contributed by atoms with Crippen molar-refractivity contribution in [2.75, 3.05) is 6.54 Å². The number of aliphatic carboxylic acids is 1. The molecule has 43 heavy (non-hydrogen) atoms. The summed E-state index contributed by atoms with van der Waals surface area (Å²) in [5.74, 6) is 1.79.